The van der Waals surface area contributed by atoms with Crippen LogP contribution in [-0.4, -0.2) is 12.0 Å². The summed E-state index contributed by atoms with van der Waals surface area (Å²) in [4.78, 5) is 10.7. The van der Waals surface area contributed by atoms with Crippen molar-refractivity contribution >= 4 is 11.5 Å². The van der Waals surface area contributed by atoms with E-state index in [0.717, 1.165) is 12.1 Å². The monoisotopic (exact) mass is 207 g/mol. The lowest BCUT2D eigenvalue weighted by atomic mass is 10.1. The van der Waals surface area contributed by atoms with Gasteiger partial charge in [-0.2, -0.15) is 13.2 Å². The zero-order chi connectivity index (χ0) is 10.9. The molecule has 0 aliphatic rings. The molecule has 0 fully saturated rings. The third kappa shape index (κ3) is 2.01. The number of halogens is 4. The molecule has 76 valence electrons. The van der Waals surface area contributed by atoms with Crippen LogP contribution < -0.4 is 5.73 Å². The Morgan fingerprint density at radius 2 is 1.86 bits per heavy atom. The maximum atomic E-state index is 12.5. The van der Waals surface area contributed by atoms with Gasteiger partial charge in [-0.3, -0.25) is 4.79 Å². The molecule has 0 unspecified atom stereocenters. The van der Waals surface area contributed by atoms with Gasteiger partial charge < -0.3 is 5.73 Å². The van der Waals surface area contributed by atoms with E-state index in [9.17, 15) is 22.4 Å². The first-order valence-corrected chi connectivity index (χ1v) is 3.49. The average Bonchev–Trinajstić information content (AvgIpc) is 2.06. The number of Topliss-reactive ketones (excluding diaryl/α,β-unsaturated/α-hetero) is 1. The topological polar surface area (TPSA) is 43.1 Å². The van der Waals surface area contributed by atoms with Crippen molar-refractivity contribution in [1.29, 1.82) is 0 Å². The second kappa shape index (κ2) is 3.28. The van der Waals surface area contributed by atoms with Crippen molar-refractivity contribution in [2.45, 2.75) is 6.18 Å². The van der Waals surface area contributed by atoms with E-state index in [2.05, 4.69) is 0 Å². The number of anilines is 1. The fourth-order valence-corrected chi connectivity index (χ4v) is 0.878. The lowest BCUT2D eigenvalue weighted by Gasteiger charge is -2.07. The molecule has 1 aromatic rings. The minimum atomic E-state index is -5.04. The second-order valence-electron chi connectivity index (χ2n) is 2.56. The Kier molecular flexibility index (Phi) is 2.46. The lowest BCUT2D eigenvalue weighted by molar-refractivity contribution is -0.0884. The van der Waals surface area contributed by atoms with Crippen molar-refractivity contribution in [2.75, 3.05) is 5.73 Å². The molecule has 0 aliphatic carbocycles. The van der Waals surface area contributed by atoms with Gasteiger partial charge in [0.1, 0.15) is 5.82 Å². The molecule has 0 saturated carbocycles. The van der Waals surface area contributed by atoms with Crippen molar-refractivity contribution in [3.05, 3.63) is 29.6 Å². The van der Waals surface area contributed by atoms with Gasteiger partial charge in [-0.15, -0.1) is 0 Å². The third-order valence-corrected chi connectivity index (χ3v) is 1.52. The highest BCUT2D eigenvalue weighted by Gasteiger charge is 2.40. The standard InChI is InChI=1S/C8H5F4NO/c9-4-1-2-6(13)5(3-4)7(14)8(10,11)12/h1-3H,13H2. The molecule has 0 aromatic heterocycles. The summed E-state index contributed by atoms with van der Waals surface area (Å²) >= 11 is 0. The number of nitrogens with two attached hydrogens (primary N) is 1. The first-order chi connectivity index (χ1) is 6.32. The molecular formula is C8H5F4NO. The van der Waals surface area contributed by atoms with Crippen LogP contribution in [0.25, 0.3) is 0 Å². The van der Waals surface area contributed by atoms with Crippen LogP contribution in [-0.2, 0) is 0 Å². The van der Waals surface area contributed by atoms with E-state index in [0.29, 0.717) is 6.07 Å². The Morgan fingerprint density at radius 1 is 1.29 bits per heavy atom. The maximum absolute atomic E-state index is 12.5. The van der Waals surface area contributed by atoms with Gasteiger partial charge in [-0.1, -0.05) is 0 Å². The summed E-state index contributed by atoms with van der Waals surface area (Å²) < 4.78 is 48.3. The Hall–Kier alpha value is -1.59. The molecule has 6 heteroatoms. The van der Waals surface area contributed by atoms with E-state index in [1.54, 1.807) is 0 Å². The predicted molar refractivity (Wildman–Crippen MR) is 41.2 cm³/mol. The second-order valence-corrected chi connectivity index (χ2v) is 2.56. The van der Waals surface area contributed by atoms with Crippen molar-refractivity contribution in [2.24, 2.45) is 0 Å². The summed E-state index contributed by atoms with van der Waals surface area (Å²) in [5.74, 6) is -3.08. The van der Waals surface area contributed by atoms with Gasteiger partial charge in [-0.25, -0.2) is 4.39 Å². The largest absolute Gasteiger partial charge is 0.454 e. The molecular weight excluding hydrogens is 202 g/mol. The highest BCUT2D eigenvalue weighted by atomic mass is 19.4. The molecule has 0 amide bonds. The van der Waals surface area contributed by atoms with Gasteiger partial charge in [0, 0.05) is 5.69 Å². The number of carbonyl (C=O) groups is 1. The van der Waals surface area contributed by atoms with Crippen molar-refractivity contribution in [3.8, 4) is 0 Å². The fourth-order valence-electron chi connectivity index (χ4n) is 0.878. The average molecular weight is 207 g/mol. The number of hydrogen-bond donors (Lipinski definition) is 1. The minimum Gasteiger partial charge on any atom is -0.398 e. The molecule has 0 bridgehead atoms. The van der Waals surface area contributed by atoms with Crippen molar-refractivity contribution in [3.63, 3.8) is 0 Å². The number of ketones is 1. The van der Waals surface area contributed by atoms with E-state index in [1.807, 2.05) is 0 Å². The molecule has 0 spiro atoms. The van der Waals surface area contributed by atoms with Gasteiger partial charge in [0.05, 0.1) is 5.56 Å². The molecule has 0 heterocycles. The van der Waals surface area contributed by atoms with Crippen LogP contribution in [0.1, 0.15) is 10.4 Å². The van der Waals surface area contributed by atoms with E-state index < -0.39 is 29.0 Å². The molecule has 0 aliphatic heterocycles. The highest BCUT2D eigenvalue weighted by Crippen LogP contribution is 2.25. The number of hydrogen-bond acceptors (Lipinski definition) is 2. The Bertz CT molecular complexity index is 372. The zero-order valence-electron chi connectivity index (χ0n) is 6.73. The van der Waals surface area contributed by atoms with E-state index >= 15 is 0 Å². The third-order valence-electron chi connectivity index (χ3n) is 1.52. The van der Waals surface area contributed by atoms with Gasteiger partial charge in [-0.05, 0) is 18.2 Å². The number of nitrogen functional groups attached to an aromatic ring is 1. The summed E-state index contributed by atoms with van der Waals surface area (Å²) in [6.07, 6.45) is -5.04. The molecule has 1 aromatic carbocycles. The van der Waals surface area contributed by atoms with Gasteiger partial charge in [0.25, 0.3) is 5.78 Å². The lowest BCUT2D eigenvalue weighted by Crippen LogP contribution is -2.23. The summed E-state index contributed by atoms with van der Waals surface area (Å²) in [6, 6.07) is 2.25. The van der Waals surface area contributed by atoms with Gasteiger partial charge in [0.15, 0.2) is 0 Å². The van der Waals surface area contributed by atoms with Crippen molar-refractivity contribution < 1.29 is 22.4 Å². The van der Waals surface area contributed by atoms with Gasteiger partial charge >= 0.3 is 6.18 Å². The predicted octanol–water partition coefficient (Wildman–Crippen LogP) is 2.15. The maximum Gasteiger partial charge on any atom is 0.454 e. The van der Waals surface area contributed by atoms with E-state index in [1.165, 1.54) is 0 Å². The van der Waals surface area contributed by atoms with Crippen LogP contribution in [0.15, 0.2) is 18.2 Å². The molecule has 0 saturated heterocycles. The van der Waals surface area contributed by atoms with Crippen molar-refractivity contribution in [1.82, 2.24) is 0 Å². The smallest absolute Gasteiger partial charge is 0.398 e. The first-order valence-electron chi connectivity index (χ1n) is 3.49. The number of carbonyl (C=O) groups excluding carboxylic acids is 1. The highest BCUT2D eigenvalue weighted by molar-refractivity contribution is 6.04. The summed E-state index contributed by atoms with van der Waals surface area (Å²) in [6.45, 7) is 0. The number of benzene rings is 1. The molecule has 1 rings (SSSR count). The Morgan fingerprint density at radius 3 is 2.36 bits per heavy atom. The van der Waals surface area contributed by atoms with Gasteiger partial charge in [0.2, 0.25) is 0 Å². The Labute approximate surface area is 76.3 Å². The number of rotatable bonds is 1. The summed E-state index contributed by atoms with van der Waals surface area (Å²) in [5.41, 5.74) is 3.84. The van der Waals surface area contributed by atoms with Crippen LogP contribution in [0.4, 0.5) is 23.2 Å². The molecule has 2 nitrogen and oxygen atoms in total. The normalized spacial score (nSPS) is 11.4. The zero-order valence-corrected chi connectivity index (χ0v) is 6.73. The fraction of sp³-hybridized carbons (Fsp3) is 0.125. The van der Waals surface area contributed by atoms with Crippen LogP contribution in [0.3, 0.4) is 0 Å². The SMILES string of the molecule is Nc1ccc(F)cc1C(=O)C(F)(F)F. The number of alkyl halides is 3. The first kappa shape index (κ1) is 10.5. The van der Waals surface area contributed by atoms with E-state index in [4.69, 9.17) is 5.73 Å². The van der Waals surface area contributed by atoms with Crippen LogP contribution >= 0.6 is 0 Å². The van der Waals surface area contributed by atoms with E-state index in [-0.39, 0.29) is 0 Å². The minimum absolute atomic E-state index is 0.395. The quantitative estimate of drug-likeness (QED) is 0.435. The molecule has 0 radical (unpaired) electrons. The van der Waals surface area contributed by atoms with Crippen LogP contribution in [0, 0.1) is 5.82 Å². The summed E-state index contributed by atoms with van der Waals surface area (Å²) in [7, 11) is 0. The molecule has 0 atom stereocenters. The van der Waals surface area contributed by atoms with Crippen LogP contribution in [0.5, 0.6) is 0 Å². The Balaban J connectivity index is 3.19. The summed E-state index contributed by atoms with van der Waals surface area (Å²) in [5, 5.41) is 0. The molecule has 14 heavy (non-hydrogen) atoms. The van der Waals surface area contributed by atoms with Crippen LogP contribution in [0.2, 0.25) is 0 Å². The molecule has 2 N–H and O–H groups in total.